The Kier molecular flexibility index (Phi) is 2.81. The number of nitrogens with zero attached hydrogens (tertiary/aromatic N) is 3. The van der Waals surface area contributed by atoms with Crippen LogP contribution in [-0.4, -0.2) is 16.7 Å². The van der Waals surface area contributed by atoms with E-state index >= 15 is 0 Å². The molecule has 0 aliphatic carbocycles. The smallest absolute Gasteiger partial charge is 0.195 e. The van der Waals surface area contributed by atoms with Crippen molar-refractivity contribution in [1.29, 1.82) is 5.26 Å². The summed E-state index contributed by atoms with van der Waals surface area (Å²) in [5, 5.41) is 11.9. The molecule has 0 atom stereocenters. The maximum absolute atomic E-state index is 9.04. The van der Waals surface area contributed by atoms with Gasteiger partial charge in [0.05, 0.1) is 22.8 Å². The summed E-state index contributed by atoms with van der Waals surface area (Å²) in [6.07, 6.45) is 0. The Morgan fingerprint density at radius 1 is 1.23 bits per heavy atom. The highest BCUT2D eigenvalue weighted by molar-refractivity contribution is 7.19. The number of nitriles is 1. The van der Waals surface area contributed by atoms with E-state index in [1.165, 1.54) is 22.4 Å². The summed E-state index contributed by atoms with van der Waals surface area (Å²) in [5.74, 6) is 0.846. The van der Waals surface area contributed by atoms with Crippen molar-refractivity contribution in [2.45, 2.75) is 13.5 Å². The molecule has 0 aliphatic rings. The summed E-state index contributed by atoms with van der Waals surface area (Å²) >= 11 is 1.44. The molecule has 0 spiro atoms. The number of benzene rings is 2. The van der Waals surface area contributed by atoms with Gasteiger partial charge in [0.1, 0.15) is 11.8 Å². The Hall–Kier alpha value is -2.58. The Bertz CT molecular complexity index is 1070. The fourth-order valence-corrected chi connectivity index (χ4v) is 3.79. The van der Waals surface area contributed by atoms with Crippen LogP contribution in [0.25, 0.3) is 32.0 Å². The Morgan fingerprint density at radius 2 is 2.05 bits per heavy atom. The van der Waals surface area contributed by atoms with Gasteiger partial charge in [0.25, 0.3) is 0 Å². The highest BCUT2D eigenvalue weighted by atomic mass is 32.1. The number of fused-ring (bicyclic) bond motifs is 4. The minimum Gasteiger partial charge on any atom is -0.497 e. The van der Waals surface area contributed by atoms with E-state index in [2.05, 4.69) is 46.8 Å². The lowest BCUT2D eigenvalue weighted by Crippen LogP contribution is -1.92. The maximum atomic E-state index is 9.04. The number of ether oxygens (including phenoxy) is 1. The Balaban J connectivity index is 2.18. The molecule has 0 saturated carbocycles. The number of rotatable bonds is 2. The summed E-state index contributed by atoms with van der Waals surface area (Å²) in [4.78, 5) is 4.38. The van der Waals surface area contributed by atoms with E-state index < -0.39 is 0 Å². The minimum absolute atomic E-state index is 0.507. The van der Waals surface area contributed by atoms with Gasteiger partial charge in [-0.05, 0) is 37.3 Å². The second-order valence-corrected chi connectivity index (χ2v) is 6.13. The molecular weight excluding hydrogens is 294 g/mol. The molecule has 4 rings (SSSR count). The molecule has 0 bridgehead atoms. The molecule has 108 valence electrons. The third kappa shape index (κ3) is 1.71. The number of methoxy groups -OCH3 is 1. The van der Waals surface area contributed by atoms with Gasteiger partial charge in [0, 0.05) is 22.8 Å². The number of hydrogen-bond donors (Lipinski definition) is 0. The van der Waals surface area contributed by atoms with Crippen LogP contribution >= 0.6 is 11.3 Å². The monoisotopic (exact) mass is 307 g/mol. The number of aromatic nitrogens is 2. The normalized spacial score (nSPS) is 11.3. The van der Waals surface area contributed by atoms with E-state index in [1.54, 1.807) is 7.11 Å². The second kappa shape index (κ2) is 4.72. The van der Waals surface area contributed by atoms with Crippen LogP contribution in [0.1, 0.15) is 11.9 Å². The van der Waals surface area contributed by atoms with E-state index in [9.17, 15) is 0 Å². The van der Waals surface area contributed by atoms with E-state index in [0.717, 1.165) is 33.3 Å². The highest BCUT2D eigenvalue weighted by Gasteiger charge is 2.13. The second-order valence-electron chi connectivity index (χ2n) is 5.10. The van der Waals surface area contributed by atoms with Crippen LogP contribution < -0.4 is 4.74 Å². The molecule has 0 unspecified atom stereocenters. The van der Waals surface area contributed by atoms with Crippen LogP contribution in [-0.2, 0) is 6.54 Å². The zero-order chi connectivity index (χ0) is 15.3. The SMILES string of the molecule is CCn1c2ccc(OC)cc2c2cc3nc(C#N)sc3cc21. The van der Waals surface area contributed by atoms with Crippen LogP contribution in [0.2, 0.25) is 0 Å². The topological polar surface area (TPSA) is 50.8 Å². The molecule has 2 aromatic heterocycles. The molecule has 0 N–H and O–H groups in total. The predicted octanol–water partition coefficient (Wildman–Crippen LogP) is 4.30. The molecule has 2 heterocycles. The average molecular weight is 307 g/mol. The van der Waals surface area contributed by atoms with Crippen molar-refractivity contribution in [3.05, 3.63) is 35.3 Å². The maximum Gasteiger partial charge on any atom is 0.195 e. The van der Waals surface area contributed by atoms with Gasteiger partial charge in [-0.25, -0.2) is 4.98 Å². The van der Waals surface area contributed by atoms with E-state index in [4.69, 9.17) is 10.00 Å². The predicted molar refractivity (Wildman–Crippen MR) is 89.6 cm³/mol. The van der Waals surface area contributed by atoms with Gasteiger partial charge in [-0.1, -0.05) is 0 Å². The van der Waals surface area contributed by atoms with Gasteiger partial charge in [-0.2, -0.15) is 5.26 Å². The highest BCUT2D eigenvalue weighted by Crippen LogP contribution is 2.35. The van der Waals surface area contributed by atoms with Crippen LogP contribution in [0, 0.1) is 11.3 Å². The largest absolute Gasteiger partial charge is 0.497 e. The van der Waals surface area contributed by atoms with Gasteiger partial charge in [0.15, 0.2) is 5.01 Å². The van der Waals surface area contributed by atoms with E-state index in [0.29, 0.717) is 5.01 Å². The molecule has 4 nitrogen and oxygen atoms in total. The zero-order valence-electron chi connectivity index (χ0n) is 12.3. The van der Waals surface area contributed by atoms with Gasteiger partial charge in [-0.15, -0.1) is 11.3 Å². The van der Waals surface area contributed by atoms with Crippen LogP contribution in [0.5, 0.6) is 5.75 Å². The minimum atomic E-state index is 0.507. The molecule has 0 amide bonds. The molecule has 0 saturated heterocycles. The number of aryl methyl sites for hydroxylation is 1. The Labute approximate surface area is 131 Å². The standard InChI is InChI=1S/C17H13N3OS/c1-3-20-14-5-4-10(21-2)6-11(14)12-7-13-16(8-15(12)20)22-17(9-18)19-13/h4-8H,3H2,1-2H3. The van der Waals surface area contributed by atoms with Gasteiger partial charge < -0.3 is 9.30 Å². The summed E-state index contributed by atoms with van der Waals surface area (Å²) in [6, 6.07) is 12.5. The van der Waals surface area contributed by atoms with Crippen molar-refractivity contribution >= 4 is 43.4 Å². The first kappa shape index (κ1) is 13.1. The number of hydrogen-bond acceptors (Lipinski definition) is 4. The first-order chi connectivity index (χ1) is 10.7. The third-order valence-electron chi connectivity index (χ3n) is 3.99. The van der Waals surface area contributed by atoms with Crippen LogP contribution in [0.4, 0.5) is 0 Å². The molecule has 0 radical (unpaired) electrons. The van der Waals surface area contributed by atoms with E-state index in [1.807, 2.05) is 6.07 Å². The molecule has 5 heteroatoms. The first-order valence-electron chi connectivity index (χ1n) is 7.05. The van der Waals surface area contributed by atoms with Crippen LogP contribution in [0.15, 0.2) is 30.3 Å². The fourth-order valence-electron chi connectivity index (χ4n) is 3.01. The zero-order valence-corrected chi connectivity index (χ0v) is 13.1. The lowest BCUT2D eigenvalue weighted by atomic mass is 10.1. The molecule has 0 fully saturated rings. The fraction of sp³-hybridized carbons (Fsp3) is 0.176. The number of thiazole rings is 1. The van der Waals surface area contributed by atoms with Crippen molar-refractivity contribution in [1.82, 2.24) is 9.55 Å². The van der Waals surface area contributed by atoms with Gasteiger partial charge >= 0.3 is 0 Å². The molecule has 2 aromatic carbocycles. The molecular formula is C17H13N3OS. The van der Waals surface area contributed by atoms with Crippen molar-refractivity contribution < 1.29 is 4.74 Å². The van der Waals surface area contributed by atoms with Crippen LogP contribution in [0.3, 0.4) is 0 Å². The van der Waals surface area contributed by atoms with Gasteiger partial charge in [0.2, 0.25) is 0 Å². The quantitative estimate of drug-likeness (QED) is 0.554. The van der Waals surface area contributed by atoms with Crippen molar-refractivity contribution in [3.8, 4) is 11.8 Å². The van der Waals surface area contributed by atoms with Gasteiger partial charge in [-0.3, -0.25) is 0 Å². The van der Waals surface area contributed by atoms with Crippen molar-refractivity contribution in [2.24, 2.45) is 0 Å². The lowest BCUT2D eigenvalue weighted by molar-refractivity contribution is 0.415. The lowest BCUT2D eigenvalue weighted by Gasteiger charge is -2.03. The molecule has 0 aliphatic heterocycles. The summed E-state index contributed by atoms with van der Waals surface area (Å²) in [6.45, 7) is 3.03. The van der Waals surface area contributed by atoms with E-state index in [-0.39, 0.29) is 0 Å². The molecule has 22 heavy (non-hydrogen) atoms. The average Bonchev–Trinajstić information content (AvgIpc) is 3.09. The Morgan fingerprint density at radius 3 is 2.77 bits per heavy atom. The van der Waals surface area contributed by atoms with Crippen molar-refractivity contribution in [2.75, 3.05) is 7.11 Å². The summed E-state index contributed by atoms with van der Waals surface area (Å²) < 4.78 is 8.69. The third-order valence-corrected chi connectivity index (χ3v) is 4.92. The summed E-state index contributed by atoms with van der Waals surface area (Å²) in [7, 11) is 1.68. The summed E-state index contributed by atoms with van der Waals surface area (Å²) in [5.41, 5.74) is 3.25. The molecule has 4 aromatic rings. The van der Waals surface area contributed by atoms with Crippen molar-refractivity contribution in [3.63, 3.8) is 0 Å². The first-order valence-corrected chi connectivity index (χ1v) is 7.87.